The number of carbonyl (C=O) groups excluding carboxylic acids is 1. The van der Waals surface area contributed by atoms with Crippen molar-refractivity contribution in [2.75, 3.05) is 33.4 Å². The number of fused-ring (bicyclic) bond motifs is 1. The summed E-state index contributed by atoms with van der Waals surface area (Å²) >= 11 is 0. The molecule has 2 aromatic heterocycles. The number of aromatic amines is 1. The molecule has 3 heterocycles. The van der Waals surface area contributed by atoms with E-state index in [1.54, 1.807) is 7.11 Å². The number of amides is 1. The van der Waals surface area contributed by atoms with Crippen LogP contribution >= 0.6 is 0 Å². The zero-order valence-electron chi connectivity index (χ0n) is 19.6. The van der Waals surface area contributed by atoms with Crippen molar-refractivity contribution in [3.05, 3.63) is 52.8 Å². The maximum absolute atomic E-state index is 12.5. The number of pyridine rings is 1. The van der Waals surface area contributed by atoms with Crippen molar-refractivity contribution < 1.29 is 14.3 Å². The van der Waals surface area contributed by atoms with Gasteiger partial charge in [-0.3, -0.25) is 4.79 Å². The molecule has 0 bridgehead atoms. The van der Waals surface area contributed by atoms with Crippen molar-refractivity contribution in [3.63, 3.8) is 0 Å². The van der Waals surface area contributed by atoms with Crippen molar-refractivity contribution in [2.45, 2.75) is 44.8 Å². The number of morpholine rings is 1. The number of methoxy groups -OCH3 is 1. The van der Waals surface area contributed by atoms with E-state index < -0.39 is 5.60 Å². The lowest BCUT2D eigenvalue weighted by Gasteiger charge is -2.27. The number of hydrogen-bond donors (Lipinski definition) is 3. The van der Waals surface area contributed by atoms with Crippen molar-refractivity contribution in [1.29, 1.82) is 0 Å². The Balaban J connectivity index is 1.46. The van der Waals surface area contributed by atoms with E-state index in [9.17, 15) is 4.79 Å². The van der Waals surface area contributed by atoms with Gasteiger partial charge in [0.05, 0.1) is 19.3 Å². The van der Waals surface area contributed by atoms with Crippen LogP contribution in [0.3, 0.4) is 0 Å². The highest BCUT2D eigenvalue weighted by Crippen LogP contribution is 2.39. The highest BCUT2D eigenvalue weighted by atomic mass is 16.5. The van der Waals surface area contributed by atoms with Crippen LogP contribution < -0.4 is 10.6 Å². The lowest BCUT2D eigenvalue weighted by molar-refractivity contribution is -0.133. The Morgan fingerprint density at radius 3 is 2.85 bits per heavy atom. The van der Waals surface area contributed by atoms with Gasteiger partial charge in [0.15, 0.2) is 0 Å². The molecule has 174 valence electrons. The average Bonchev–Trinajstić information content (AvgIpc) is 3.57. The summed E-state index contributed by atoms with van der Waals surface area (Å²) in [5.74, 6) is -0.000960. The van der Waals surface area contributed by atoms with E-state index in [2.05, 4.69) is 52.6 Å². The summed E-state index contributed by atoms with van der Waals surface area (Å²) in [6.45, 7) is 7.08. The number of hydrogen-bond acceptors (Lipinski definition) is 5. The lowest BCUT2D eigenvalue weighted by atomic mass is 9.90. The molecule has 2 fully saturated rings. The van der Waals surface area contributed by atoms with E-state index >= 15 is 0 Å². The first-order valence-corrected chi connectivity index (χ1v) is 11.7. The molecule has 33 heavy (non-hydrogen) atoms. The lowest BCUT2D eigenvalue weighted by Crippen LogP contribution is -2.38. The Hall–Kier alpha value is -2.74. The first-order valence-electron chi connectivity index (χ1n) is 11.7. The molecule has 7 heteroatoms. The van der Waals surface area contributed by atoms with Crippen LogP contribution in [0.2, 0.25) is 0 Å². The monoisotopic (exact) mass is 448 g/mol. The van der Waals surface area contributed by atoms with Gasteiger partial charge in [-0.2, -0.15) is 0 Å². The number of nitrogens with one attached hydrogen (secondary N) is 3. The Bertz CT molecular complexity index is 1180. The van der Waals surface area contributed by atoms with E-state index in [0.29, 0.717) is 13.2 Å². The van der Waals surface area contributed by atoms with Gasteiger partial charge in [-0.15, -0.1) is 0 Å². The number of nitrogens with zero attached hydrogens (tertiary/aromatic N) is 1. The third-order valence-corrected chi connectivity index (χ3v) is 7.11. The van der Waals surface area contributed by atoms with E-state index in [0.717, 1.165) is 54.6 Å². The van der Waals surface area contributed by atoms with Crippen molar-refractivity contribution >= 4 is 16.9 Å². The third kappa shape index (κ3) is 4.28. The molecule has 3 aromatic rings. The molecule has 0 spiro atoms. The second kappa shape index (κ2) is 8.89. The maximum Gasteiger partial charge on any atom is 0.252 e. The minimum absolute atomic E-state index is 0.000960. The second-order valence-corrected chi connectivity index (χ2v) is 9.23. The van der Waals surface area contributed by atoms with Gasteiger partial charge in [0, 0.05) is 43.5 Å². The predicted octanol–water partition coefficient (Wildman–Crippen LogP) is 3.35. The summed E-state index contributed by atoms with van der Waals surface area (Å²) in [4.78, 5) is 20.4. The van der Waals surface area contributed by atoms with Gasteiger partial charge in [0.2, 0.25) is 0 Å². The minimum Gasteiger partial charge on any atom is -0.378 e. The Morgan fingerprint density at radius 2 is 2.12 bits per heavy atom. The van der Waals surface area contributed by atoms with Crippen molar-refractivity contribution in [1.82, 2.24) is 20.6 Å². The van der Waals surface area contributed by atoms with Crippen LogP contribution in [0.1, 0.15) is 41.1 Å². The van der Waals surface area contributed by atoms with Crippen LogP contribution in [0.25, 0.3) is 22.2 Å². The minimum atomic E-state index is -0.596. The summed E-state index contributed by atoms with van der Waals surface area (Å²) < 4.78 is 11.2. The fraction of sp³-hybridized carbons (Fsp3) is 0.462. The molecule has 2 aliphatic rings. The molecule has 1 amide bonds. The molecule has 1 aliphatic carbocycles. The number of aryl methyl sites for hydroxylation is 1. The van der Waals surface area contributed by atoms with Gasteiger partial charge in [0.1, 0.15) is 11.2 Å². The van der Waals surface area contributed by atoms with Crippen LogP contribution in [-0.4, -0.2) is 54.9 Å². The van der Waals surface area contributed by atoms with Crippen LogP contribution in [0.4, 0.5) is 0 Å². The normalized spacial score (nSPS) is 19.5. The Kier molecular flexibility index (Phi) is 5.95. The molecular formula is C26H32N4O3. The molecule has 0 radical (unpaired) electrons. The van der Waals surface area contributed by atoms with Gasteiger partial charge < -0.3 is 25.1 Å². The highest BCUT2D eigenvalue weighted by Gasteiger charge is 2.50. The summed E-state index contributed by atoms with van der Waals surface area (Å²) in [5.41, 5.74) is 7.43. The quantitative estimate of drug-likeness (QED) is 0.516. The molecule has 1 aliphatic heterocycles. The summed E-state index contributed by atoms with van der Waals surface area (Å²) in [6.07, 6.45) is 6.28. The molecule has 1 unspecified atom stereocenters. The van der Waals surface area contributed by atoms with E-state index in [4.69, 9.17) is 9.47 Å². The van der Waals surface area contributed by atoms with Crippen LogP contribution in [-0.2, 0) is 20.7 Å². The first kappa shape index (κ1) is 22.1. The van der Waals surface area contributed by atoms with Crippen molar-refractivity contribution in [3.8, 4) is 11.1 Å². The predicted molar refractivity (Wildman–Crippen MR) is 128 cm³/mol. The largest absolute Gasteiger partial charge is 0.378 e. The first-order chi connectivity index (χ1) is 16.0. The highest BCUT2D eigenvalue weighted by molar-refractivity contribution is 5.88. The smallest absolute Gasteiger partial charge is 0.252 e. The number of ether oxygens (including phenoxy) is 2. The van der Waals surface area contributed by atoms with Gasteiger partial charge >= 0.3 is 0 Å². The molecular weight excluding hydrogens is 416 g/mol. The molecule has 5 rings (SSSR count). The SMILES string of the molecule is COC1(C(=O)NCCc2cc(-c3cnc4[nH]cc(C)c4c3)cc(C3COCCN3)c2C)CC1. The summed E-state index contributed by atoms with van der Waals surface area (Å²) in [5, 5.41) is 7.81. The van der Waals surface area contributed by atoms with Crippen LogP contribution in [0.5, 0.6) is 0 Å². The van der Waals surface area contributed by atoms with E-state index in [1.165, 1.54) is 22.3 Å². The number of rotatable bonds is 7. The molecule has 1 atom stereocenters. The van der Waals surface area contributed by atoms with Gasteiger partial charge in [-0.1, -0.05) is 6.07 Å². The standard InChI is InChI=1S/C26H32N4O3/c1-16-13-29-24-21(16)12-20(14-30-24)19-10-18(4-7-28-25(31)26(32-3)5-6-26)17(2)22(11-19)23-15-33-9-8-27-23/h10-14,23,27H,4-9,15H2,1-3H3,(H,28,31)(H,29,30). The van der Waals surface area contributed by atoms with E-state index in [1.807, 2.05) is 12.4 Å². The molecule has 1 saturated heterocycles. The fourth-order valence-corrected chi connectivity index (χ4v) is 4.75. The summed E-state index contributed by atoms with van der Waals surface area (Å²) in [6, 6.07) is 6.86. The topological polar surface area (TPSA) is 88.3 Å². The molecule has 7 nitrogen and oxygen atoms in total. The number of benzene rings is 1. The zero-order chi connectivity index (χ0) is 23.0. The average molecular weight is 449 g/mol. The number of carbonyl (C=O) groups is 1. The fourth-order valence-electron chi connectivity index (χ4n) is 4.75. The molecule has 1 saturated carbocycles. The third-order valence-electron chi connectivity index (χ3n) is 7.11. The van der Waals surface area contributed by atoms with Crippen LogP contribution in [0, 0.1) is 13.8 Å². The van der Waals surface area contributed by atoms with Gasteiger partial charge in [-0.25, -0.2) is 4.98 Å². The summed E-state index contributed by atoms with van der Waals surface area (Å²) in [7, 11) is 1.61. The van der Waals surface area contributed by atoms with E-state index in [-0.39, 0.29) is 11.9 Å². The van der Waals surface area contributed by atoms with Crippen LogP contribution in [0.15, 0.2) is 30.6 Å². The Labute approximate surface area is 194 Å². The van der Waals surface area contributed by atoms with Gasteiger partial charge in [-0.05, 0) is 73.1 Å². The van der Waals surface area contributed by atoms with Crippen molar-refractivity contribution in [2.24, 2.45) is 0 Å². The zero-order valence-corrected chi connectivity index (χ0v) is 19.6. The molecule has 1 aromatic carbocycles. The maximum atomic E-state index is 12.5. The number of H-pyrrole nitrogens is 1. The number of aromatic nitrogens is 2. The molecule has 3 N–H and O–H groups in total. The second-order valence-electron chi connectivity index (χ2n) is 9.23. The Morgan fingerprint density at radius 1 is 1.27 bits per heavy atom. The van der Waals surface area contributed by atoms with Gasteiger partial charge in [0.25, 0.3) is 5.91 Å².